The lowest BCUT2D eigenvalue weighted by Gasteiger charge is -2.15. The highest BCUT2D eigenvalue weighted by Crippen LogP contribution is 2.44. The molecular formula is C26H28N4O5. The number of benzene rings is 2. The number of aromatic nitrogens is 2. The van der Waals surface area contributed by atoms with Crippen molar-refractivity contribution in [2.45, 2.75) is 25.8 Å². The quantitative estimate of drug-likeness (QED) is 0.436. The van der Waals surface area contributed by atoms with Gasteiger partial charge in [0, 0.05) is 25.1 Å². The molecule has 9 nitrogen and oxygen atoms in total. The number of aryl methyl sites for hydroxylation is 1. The maximum atomic E-state index is 12.7. The van der Waals surface area contributed by atoms with Gasteiger partial charge in [0.1, 0.15) is 12.3 Å². The molecule has 0 saturated carbocycles. The minimum Gasteiger partial charge on any atom is -0.481 e. The van der Waals surface area contributed by atoms with Crippen molar-refractivity contribution in [1.82, 2.24) is 20.4 Å². The van der Waals surface area contributed by atoms with Crippen LogP contribution in [0, 0.1) is 5.92 Å². The number of alkyl carbamates (subject to hydrolysis) is 1. The zero-order valence-electron chi connectivity index (χ0n) is 19.7. The van der Waals surface area contributed by atoms with Gasteiger partial charge in [-0.3, -0.25) is 14.3 Å². The number of hydrogen-bond donors (Lipinski definition) is 3. The SMILES string of the molecule is CCC(CNC(=O)c1c(CNC(=O)OCC2c3ccccc3-c3ccccc32)cnn1C)C(=O)O. The van der Waals surface area contributed by atoms with E-state index >= 15 is 0 Å². The minimum absolute atomic E-state index is 0.00902. The molecule has 1 heterocycles. The second-order valence-electron chi connectivity index (χ2n) is 8.47. The van der Waals surface area contributed by atoms with Gasteiger partial charge in [-0.25, -0.2) is 4.79 Å². The molecule has 3 aromatic rings. The van der Waals surface area contributed by atoms with Gasteiger partial charge >= 0.3 is 12.1 Å². The van der Waals surface area contributed by atoms with E-state index in [0.29, 0.717) is 12.0 Å². The van der Waals surface area contributed by atoms with Gasteiger partial charge in [0.25, 0.3) is 5.91 Å². The molecule has 2 amide bonds. The third kappa shape index (κ3) is 5.03. The summed E-state index contributed by atoms with van der Waals surface area (Å²) in [4.78, 5) is 36.4. The van der Waals surface area contributed by atoms with Crippen molar-refractivity contribution in [3.63, 3.8) is 0 Å². The van der Waals surface area contributed by atoms with Crippen LogP contribution in [0.4, 0.5) is 4.79 Å². The maximum Gasteiger partial charge on any atom is 0.407 e. The third-order valence-electron chi connectivity index (χ3n) is 6.35. The summed E-state index contributed by atoms with van der Waals surface area (Å²) in [5.41, 5.74) is 5.30. The van der Waals surface area contributed by atoms with Crippen molar-refractivity contribution in [3.8, 4) is 11.1 Å². The van der Waals surface area contributed by atoms with Gasteiger partial charge in [-0.05, 0) is 28.7 Å². The summed E-state index contributed by atoms with van der Waals surface area (Å²) in [6, 6.07) is 16.2. The summed E-state index contributed by atoms with van der Waals surface area (Å²) < 4.78 is 6.94. The van der Waals surface area contributed by atoms with Crippen LogP contribution in [0.5, 0.6) is 0 Å². The maximum absolute atomic E-state index is 12.7. The molecule has 0 fully saturated rings. The van der Waals surface area contributed by atoms with Crippen LogP contribution >= 0.6 is 0 Å². The first kappa shape index (κ1) is 24.0. The molecular weight excluding hydrogens is 448 g/mol. The van der Waals surface area contributed by atoms with E-state index in [1.54, 1.807) is 14.0 Å². The summed E-state index contributed by atoms with van der Waals surface area (Å²) >= 11 is 0. The van der Waals surface area contributed by atoms with Gasteiger partial charge in [0.15, 0.2) is 0 Å². The van der Waals surface area contributed by atoms with Crippen molar-refractivity contribution in [2.24, 2.45) is 13.0 Å². The molecule has 1 unspecified atom stereocenters. The Kier molecular flexibility index (Phi) is 7.14. The van der Waals surface area contributed by atoms with Crippen LogP contribution in [0.25, 0.3) is 11.1 Å². The number of nitrogens with one attached hydrogen (secondary N) is 2. The summed E-state index contributed by atoms with van der Waals surface area (Å²) in [6.45, 7) is 1.99. The summed E-state index contributed by atoms with van der Waals surface area (Å²) in [7, 11) is 1.61. The number of amides is 2. The molecule has 0 saturated heterocycles. The molecule has 3 N–H and O–H groups in total. The Hall–Kier alpha value is -4.14. The summed E-state index contributed by atoms with van der Waals surface area (Å²) in [6.07, 6.45) is 1.30. The topological polar surface area (TPSA) is 123 Å². The highest BCUT2D eigenvalue weighted by molar-refractivity contribution is 5.94. The zero-order valence-corrected chi connectivity index (χ0v) is 19.7. The highest BCUT2D eigenvalue weighted by atomic mass is 16.5. The van der Waals surface area contributed by atoms with Gasteiger partial charge in [0.05, 0.1) is 18.7 Å². The number of nitrogens with zero attached hydrogens (tertiary/aromatic N) is 2. The number of ether oxygens (including phenoxy) is 1. The van der Waals surface area contributed by atoms with Gasteiger partial charge in [0.2, 0.25) is 0 Å². The van der Waals surface area contributed by atoms with Gasteiger partial charge in [-0.15, -0.1) is 0 Å². The normalized spacial score (nSPS) is 13.0. The lowest BCUT2D eigenvalue weighted by molar-refractivity contribution is -0.141. The summed E-state index contributed by atoms with van der Waals surface area (Å²) in [5, 5.41) is 18.6. The second-order valence-corrected chi connectivity index (χ2v) is 8.47. The lowest BCUT2D eigenvalue weighted by Crippen LogP contribution is -2.34. The van der Waals surface area contributed by atoms with Crippen LogP contribution in [-0.4, -0.2) is 46.0 Å². The highest BCUT2D eigenvalue weighted by Gasteiger charge is 2.29. The van der Waals surface area contributed by atoms with Crippen LogP contribution in [0.2, 0.25) is 0 Å². The van der Waals surface area contributed by atoms with Crippen LogP contribution in [0.3, 0.4) is 0 Å². The average molecular weight is 477 g/mol. The first-order chi connectivity index (χ1) is 16.9. The van der Waals surface area contributed by atoms with Crippen molar-refractivity contribution >= 4 is 18.0 Å². The number of carbonyl (C=O) groups is 3. The van der Waals surface area contributed by atoms with Gasteiger partial charge < -0.3 is 20.5 Å². The number of aliphatic carboxylic acids is 1. The largest absolute Gasteiger partial charge is 0.481 e. The van der Waals surface area contributed by atoms with Crippen LogP contribution in [-0.2, 0) is 23.1 Å². The average Bonchev–Trinajstić information content (AvgIpc) is 3.39. The number of carbonyl (C=O) groups excluding carboxylic acids is 2. The Morgan fingerprint density at radius 3 is 2.29 bits per heavy atom. The smallest absolute Gasteiger partial charge is 0.407 e. The Bertz CT molecular complexity index is 1210. The Labute approximate surface area is 203 Å². The predicted molar refractivity (Wildman–Crippen MR) is 129 cm³/mol. The van der Waals surface area contributed by atoms with Crippen LogP contribution in [0.1, 0.15) is 46.4 Å². The molecule has 1 aliphatic rings. The molecule has 1 aromatic heterocycles. The van der Waals surface area contributed by atoms with E-state index in [2.05, 4.69) is 40.0 Å². The van der Waals surface area contributed by atoms with E-state index in [0.717, 1.165) is 22.3 Å². The van der Waals surface area contributed by atoms with Gasteiger partial charge in [-0.1, -0.05) is 55.5 Å². The Morgan fingerprint density at radius 2 is 1.69 bits per heavy atom. The molecule has 9 heteroatoms. The number of carboxylic acids is 1. The lowest BCUT2D eigenvalue weighted by atomic mass is 9.98. The molecule has 0 aliphatic heterocycles. The fourth-order valence-corrected chi connectivity index (χ4v) is 4.43. The first-order valence-electron chi connectivity index (χ1n) is 11.5. The van der Waals surface area contributed by atoms with E-state index in [9.17, 15) is 19.5 Å². The second kappa shape index (κ2) is 10.4. The fourth-order valence-electron chi connectivity index (χ4n) is 4.43. The minimum atomic E-state index is -0.963. The fraction of sp³-hybridized carbons (Fsp3) is 0.308. The Morgan fingerprint density at radius 1 is 1.06 bits per heavy atom. The number of carboxylic acid groups (broad SMARTS) is 1. The van der Waals surface area contributed by atoms with Crippen LogP contribution in [0.15, 0.2) is 54.7 Å². The Balaban J connectivity index is 1.36. The molecule has 4 rings (SSSR count). The molecule has 0 radical (unpaired) electrons. The first-order valence-corrected chi connectivity index (χ1v) is 11.5. The third-order valence-corrected chi connectivity index (χ3v) is 6.35. The molecule has 1 aliphatic carbocycles. The standard InChI is InChI=1S/C26H28N4O5/c1-3-16(25(32)33)12-27-24(31)23-17(14-29-30(23)2)13-28-26(34)35-15-22-20-10-6-4-8-18(20)19-9-5-7-11-21(19)22/h4-11,14,16,22H,3,12-13,15H2,1-2H3,(H,27,31)(H,28,34)(H,32,33). The number of hydrogen-bond acceptors (Lipinski definition) is 5. The molecule has 1 atom stereocenters. The van der Waals surface area contributed by atoms with E-state index < -0.39 is 23.9 Å². The number of rotatable bonds is 9. The van der Waals surface area contributed by atoms with Crippen molar-refractivity contribution < 1.29 is 24.2 Å². The van der Waals surface area contributed by atoms with Crippen molar-refractivity contribution in [2.75, 3.05) is 13.2 Å². The molecule has 35 heavy (non-hydrogen) atoms. The van der Waals surface area contributed by atoms with Gasteiger partial charge in [-0.2, -0.15) is 5.10 Å². The van der Waals surface area contributed by atoms with Crippen molar-refractivity contribution in [1.29, 1.82) is 0 Å². The van der Waals surface area contributed by atoms with E-state index in [-0.39, 0.29) is 31.3 Å². The van der Waals surface area contributed by atoms with Crippen LogP contribution < -0.4 is 10.6 Å². The molecule has 0 bridgehead atoms. The molecule has 182 valence electrons. The van der Waals surface area contributed by atoms with E-state index in [1.165, 1.54) is 10.9 Å². The molecule has 0 spiro atoms. The van der Waals surface area contributed by atoms with E-state index in [1.807, 2.05) is 24.3 Å². The monoisotopic (exact) mass is 476 g/mol. The predicted octanol–water partition coefficient (Wildman–Crippen LogP) is 3.30. The summed E-state index contributed by atoms with van der Waals surface area (Å²) in [5.74, 6) is -2.13. The zero-order chi connectivity index (χ0) is 24.9. The van der Waals surface area contributed by atoms with Crippen molar-refractivity contribution in [3.05, 3.63) is 77.1 Å². The number of fused-ring (bicyclic) bond motifs is 3. The molecule has 2 aromatic carbocycles. The van der Waals surface area contributed by atoms with E-state index in [4.69, 9.17) is 4.74 Å².